The SMILES string of the molecule is CN(C)CCN(C)c1ccc(N/C(=C2\C(=O)Nc3cc(Cl)ccc32)c2ccccc2)cc1. The van der Waals surface area contributed by atoms with Gasteiger partial charge in [0.25, 0.3) is 5.91 Å². The van der Waals surface area contributed by atoms with E-state index in [0.29, 0.717) is 10.6 Å². The Kier molecular flexibility index (Phi) is 6.49. The molecule has 5 nitrogen and oxygen atoms in total. The van der Waals surface area contributed by atoms with E-state index in [1.807, 2.05) is 54.6 Å². The van der Waals surface area contributed by atoms with Gasteiger partial charge in [0.2, 0.25) is 0 Å². The minimum Gasteiger partial charge on any atom is -0.373 e. The van der Waals surface area contributed by atoms with Crippen LogP contribution in [0, 0.1) is 0 Å². The molecule has 0 bridgehead atoms. The van der Waals surface area contributed by atoms with Crippen molar-refractivity contribution in [3.05, 3.63) is 88.9 Å². The van der Waals surface area contributed by atoms with Crippen molar-refractivity contribution in [2.75, 3.05) is 49.8 Å². The van der Waals surface area contributed by atoms with E-state index in [2.05, 4.69) is 53.7 Å². The Morgan fingerprint density at radius 2 is 1.66 bits per heavy atom. The molecule has 4 rings (SSSR count). The number of amides is 1. The summed E-state index contributed by atoms with van der Waals surface area (Å²) in [6, 6.07) is 23.6. The van der Waals surface area contributed by atoms with Crippen LogP contribution in [-0.4, -0.2) is 45.0 Å². The predicted octanol–water partition coefficient (Wildman–Crippen LogP) is 5.27. The molecule has 0 aromatic heterocycles. The molecule has 2 N–H and O–H groups in total. The molecule has 32 heavy (non-hydrogen) atoms. The summed E-state index contributed by atoms with van der Waals surface area (Å²) in [5.41, 5.74) is 5.93. The lowest BCUT2D eigenvalue weighted by atomic mass is 10.00. The van der Waals surface area contributed by atoms with Crippen molar-refractivity contribution in [1.82, 2.24) is 4.90 Å². The Morgan fingerprint density at radius 1 is 0.938 bits per heavy atom. The van der Waals surface area contributed by atoms with Crippen molar-refractivity contribution in [3.63, 3.8) is 0 Å². The average molecular weight is 447 g/mol. The molecule has 1 amide bonds. The second-order valence-electron chi connectivity index (χ2n) is 8.16. The van der Waals surface area contributed by atoms with E-state index >= 15 is 0 Å². The summed E-state index contributed by atoms with van der Waals surface area (Å²) in [6.45, 7) is 1.93. The number of carbonyl (C=O) groups excluding carboxylic acids is 1. The summed E-state index contributed by atoms with van der Waals surface area (Å²) in [4.78, 5) is 17.4. The smallest absolute Gasteiger partial charge is 0.258 e. The molecule has 0 unspecified atom stereocenters. The molecule has 164 valence electrons. The van der Waals surface area contributed by atoms with E-state index < -0.39 is 0 Å². The number of nitrogens with one attached hydrogen (secondary N) is 2. The number of halogens is 1. The second kappa shape index (κ2) is 9.47. The molecule has 0 radical (unpaired) electrons. The van der Waals surface area contributed by atoms with E-state index in [-0.39, 0.29) is 5.91 Å². The highest BCUT2D eigenvalue weighted by molar-refractivity contribution is 6.38. The highest BCUT2D eigenvalue weighted by Gasteiger charge is 2.28. The first kappa shape index (κ1) is 21.9. The predicted molar refractivity (Wildman–Crippen MR) is 135 cm³/mol. The summed E-state index contributed by atoms with van der Waals surface area (Å²) in [5, 5.41) is 7.03. The summed E-state index contributed by atoms with van der Waals surface area (Å²) in [5.74, 6) is -0.145. The Morgan fingerprint density at radius 3 is 2.34 bits per heavy atom. The molecule has 0 aliphatic carbocycles. The van der Waals surface area contributed by atoms with Gasteiger partial charge in [-0.3, -0.25) is 4.79 Å². The van der Waals surface area contributed by atoms with Gasteiger partial charge >= 0.3 is 0 Å². The van der Waals surface area contributed by atoms with Crippen molar-refractivity contribution in [2.45, 2.75) is 0 Å². The fourth-order valence-corrected chi connectivity index (χ4v) is 3.87. The Balaban J connectivity index is 1.68. The molecule has 1 aliphatic heterocycles. The van der Waals surface area contributed by atoms with Crippen molar-refractivity contribution in [1.29, 1.82) is 0 Å². The van der Waals surface area contributed by atoms with Gasteiger partial charge in [0.05, 0.1) is 17.0 Å². The van der Waals surface area contributed by atoms with Gasteiger partial charge in [0.15, 0.2) is 0 Å². The number of fused-ring (bicyclic) bond motifs is 1. The van der Waals surface area contributed by atoms with E-state index in [9.17, 15) is 4.79 Å². The molecule has 0 atom stereocenters. The van der Waals surface area contributed by atoms with Crippen molar-refractivity contribution in [2.24, 2.45) is 0 Å². The molecule has 6 heteroatoms. The summed E-state index contributed by atoms with van der Waals surface area (Å²) in [7, 11) is 6.24. The molecule has 3 aromatic rings. The maximum atomic E-state index is 13.0. The second-order valence-corrected chi connectivity index (χ2v) is 8.59. The first-order chi connectivity index (χ1) is 15.4. The van der Waals surface area contributed by atoms with Gasteiger partial charge in [-0.25, -0.2) is 0 Å². The number of benzene rings is 3. The Hall–Kier alpha value is -3.28. The van der Waals surface area contributed by atoms with Crippen LogP contribution >= 0.6 is 11.6 Å². The van der Waals surface area contributed by atoms with Crippen LogP contribution in [0.25, 0.3) is 11.3 Å². The van der Waals surface area contributed by atoms with Gasteiger partial charge in [-0.1, -0.05) is 48.0 Å². The zero-order valence-electron chi connectivity index (χ0n) is 18.5. The number of hydrogen-bond donors (Lipinski definition) is 2. The lowest BCUT2D eigenvalue weighted by Gasteiger charge is -2.22. The standard InChI is InChI=1S/C26H27ClN4O/c1-30(2)15-16-31(3)21-12-10-20(11-13-21)28-25(18-7-5-4-6-8-18)24-22-14-9-19(27)17-23(22)29-26(24)32/h4-14,17,28H,15-16H2,1-3H3,(H,29,32)/b25-24-. The number of anilines is 3. The molecular formula is C26H27ClN4O. The van der Waals surface area contributed by atoms with Crippen molar-refractivity contribution in [3.8, 4) is 0 Å². The number of rotatable bonds is 7. The molecule has 1 aliphatic rings. The van der Waals surface area contributed by atoms with Crippen LogP contribution in [-0.2, 0) is 4.79 Å². The summed E-state index contributed by atoms with van der Waals surface area (Å²) in [6.07, 6.45) is 0. The van der Waals surface area contributed by atoms with E-state index in [1.54, 1.807) is 6.07 Å². The third-order valence-electron chi connectivity index (χ3n) is 5.50. The highest BCUT2D eigenvalue weighted by atomic mass is 35.5. The largest absolute Gasteiger partial charge is 0.373 e. The van der Waals surface area contributed by atoms with Crippen LogP contribution < -0.4 is 15.5 Å². The number of nitrogens with zero attached hydrogens (tertiary/aromatic N) is 2. The molecular weight excluding hydrogens is 420 g/mol. The molecule has 0 spiro atoms. The molecule has 1 heterocycles. The lowest BCUT2D eigenvalue weighted by Crippen LogP contribution is -2.28. The number of likely N-dealkylation sites (N-methyl/N-ethyl adjacent to an activating group) is 2. The zero-order valence-corrected chi connectivity index (χ0v) is 19.3. The summed E-state index contributed by atoms with van der Waals surface area (Å²) >= 11 is 6.14. The van der Waals surface area contributed by atoms with E-state index in [1.165, 1.54) is 0 Å². The van der Waals surface area contributed by atoms with Gasteiger partial charge in [-0.15, -0.1) is 0 Å². The average Bonchev–Trinajstić information content (AvgIpc) is 3.11. The fourth-order valence-electron chi connectivity index (χ4n) is 3.70. The van der Waals surface area contributed by atoms with Gasteiger partial charge in [0.1, 0.15) is 0 Å². The zero-order chi connectivity index (χ0) is 22.7. The quantitative estimate of drug-likeness (QED) is 0.485. The first-order valence-corrected chi connectivity index (χ1v) is 10.9. The highest BCUT2D eigenvalue weighted by Crippen LogP contribution is 2.38. The lowest BCUT2D eigenvalue weighted by molar-refractivity contribution is -0.110. The Bertz CT molecular complexity index is 1140. The normalized spacial score (nSPS) is 14.2. The van der Waals surface area contributed by atoms with Crippen molar-refractivity contribution < 1.29 is 4.79 Å². The number of hydrogen-bond acceptors (Lipinski definition) is 4. The third-order valence-corrected chi connectivity index (χ3v) is 5.73. The number of carbonyl (C=O) groups is 1. The third kappa shape index (κ3) is 4.79. The summed E-state index contributed by atoms with van der Waals surface area (Å²) < 4.78 is 0. The Labute approximate surface area is 194 Å². The molecule has 0 saturated heterocycles. The van der Waals surface area contributed by atoms with Crippen LogP contribution in [0.3, 0.4) is 0 Å². The van der Waals surface area contributed by atoms with Crippen LogP contribution in [0.1, 0.15) is 11.1 Å². The van der Waals surface area contributed by atoms with Gasteiger partial charge < -0.3 is 20.4 Å². The van der Waals surface area contributed by atoms with Gasteiger partial charge in [-0.2, -0.15) is 0 Å². The van der Waals surface area contributed by atoms with Gasteiger partial charge in [-0.05, 0) is 56.1 Å². The van der Waals surface area contributed by atoms with Crippen molar-refractivity contribution >= 4 is 45.8 Å². The topological polar surface area (TPSA) is 47.6 Å². The fraction of sp³-hybridized carbons (Fsp3) is 0.192. The van der Waals surface area contributed by atoms with Crippen LogP contribution in [0.4, 0.5) is 17.1 Å². The molecule has 0 saturated carbocycles. The van der Waals surface area contributed by atoms with Crippen LogP contribution in [0.5, 0.6) is 0 Å². The first-order valence-electron chi connectivity index (χ1n) is 10.6. The van der Waals surface area contributed by atoms with E-state index in [0.717, 1.165) is 47.0 Å². The van der Waals surface area contributed by atoms with Gasteiger partial charge in [0, 0.05) is 42.1 Å². The maximum Gasteiger partial charge on any atom is 0.258 e. The maximum absolute atomic E-state index is 13.0. The molecule has 3 aromatic carbocycles. The van der Waals surface area contributed by atoms with Crippen LogP contribution in [0.2, 0.25) is 5.02 Å². The van der Waals surface area contributed by atoms with Crippen LogP contribution in [0.15, 0.2) is 72.8 Å². The van der Waals surface area contributed by atoms with E-state index in [4.69, 9.17) is 11.6 Å². The molecule has 0 fully saturated rings. The minimum atomic E-state index is -0.145. The minimum absolute atomic E-state index is 0.145. The monoisotopic (exact) mass is 446 g/mol.